The van der Waals surface area contributed by atoms with Gasteiger partial charge in [0.1, 0.15) is 11.3 Å². The number of rotatable bonds is 2. The summed E-state index contributed by atoms with van der Waals surface area (Å²) in [5, 5.41) is 18.1. The van der Waals surface area contributed by atoms with Gasteiger partial charge in [0.2, 0.25) is 5.89 Å². The average Bonchev–Trinajstić information content (AvgIpc) is 3.02. The van der Waals surface area contributed by atoms with Crippen LogP contribution in [0.15, 0.2) is 59.1 Å². The number of phenolic OH excluding ortho intramolecular Hbond substituents is 1. The van der Waals surface area contributed by atoms with Crippen molar-refractivity contribution in [1.29, 1.82) is 0 Å². The molecule has 0 aliphatic heterocycles. The summed E-state index contributed by atoms with van der Waals surface area (Å²) in [6, 6.07) is 15.1. The maximum Gasteiger partial charge on any atom is 0.284 e. The Kier molecular flexibility index (Phi) is 3.17. The molecule has 0 aliphatic carbocycles. The van der Waals surface area contributed by atoms with Crippen molar-refractivity contribution in [2.75, 3.05) is 0 Å². The first-order chi connectivity index (χ1) is 11.2. The van der Waals surface area contributed by atoms with Crippen LogP contribution in [0.1, 0.15) is 0 Å². The molecule has 0 fully saturated rings. The number of nitrogens with zero attached hydrogens (tertiary/aromatic N) is 2. The van der Waals surface area contributed by atoms with Crippen molar-refractivity contribution in [2.45, 2.75) is 0 Å². The molecule has 6 heteroatoms. The van der Waals surface area contributed by atoms with E-state index in [2.05, 4.69) is 15.2 Å². The van der Waals surface area contributed by atoms with Gasteiger partial charge in [-0.25, -0.2) is 5.10 Å². The van der Waals surface area contributed by atoms with Gasteiger partial charge < -0.3 is 9.52 Å². The summed E-state index contributed by atoms with van der Waals surface area (Å²) in [5.74, 6) is 0.495. The standard InChI is InChI=1S/C17H11N3O2S/c21-15-12(10-5-2-1-3-6-10)9-13(16-19-20-17(23)22-16)11-7-4-8-18-14(11)15/h1-9,21H,(H,20,23). The van der Waals surface area contributed by atoms with Crippen LogP contribution in [0.4, 0.5) is 0 Å². The molecule has 112 valence electrons. The average molecular weight is 321 g/mol. The zero-order valence-corrected chi connectivity index (χ0v) is 12.7. The summed E-state index contributed by atoms with van der Waals surface area (Å²) < 4.78 is 5.45. The Bertz CT molecular complexity index is 1050. The molecule has 0 saturated carbocycles. The monoisotopic (exact) mass is 321 g/mol. The Labute approximate surface area is 136 Å². The first-order valence-corrected chi connectivity index (χ1v) is 7.37. The van der Waals surface area contributed by atoms with Gasteiger partial charge in [0.05, 0.1) is 0 Å². The number of H-pyrrole nitrogens is 1. The number of aromatic hydroxyl groups is 1. The van der Waals surface area contributed by atoms with Crippen LogP contribution >= 0.6 is 12.2 Å². The highest BCUT2D eigenvalue weighted by Crippen LogP contribution is 2.40. The topological polar surface area (TPSA) is 74.9 Å². The number of pyridine rings is 1. The minimum atomic E-state index is 0.129. The number of hydrogen-bond acceptors (Lipinski definition) is 5. The zero-order valence-electron chi connectivity index (χ0n) is 11.9. The van der Waals surface area contributed by atoms with E-state index < -0.39 is 0 Å². The quantitative estimate of drug-likeness (QED) is 0.538. The molecule has 4 aromatic rings. The highest BCUT2D eigenvalue weighted by atomic mass is 32.1. The lowest BCUT2D eigenvalue weighted by Gasteiger charge is -2.10. The predicted octanol–water partition coefficient (Wildman–Crippen LogP) is 4.32. The number of benzene rings is 2. The van der Waals surface area contributed by atoms with Gasteiger partial charge in [-0.1, -0.05) is 36.4 Å². The van der Waals surface area contributed by atoms with Gasteiger partial charge in [-0.15, -0.1) is 5.10 Å². The van der Waals surface area contributed by atoms with Gasteiger partial charge in [-0.3, -0.25) is 4.98 Å². The molecule has 0 unspecified atom stereocenters. The van der Waals surface area contributed by atoms with E-state index in [4.69, 9.17) is 16.6 Å². The van der Waals surface area contributed by atoms with Gasteiger partial charge in [-0.05, 0) is 29.9 Å². The maximum absolute atomic E-state index is 10.6. The minimum Gasteiger partial charge on any atom is -0.505 e. The molecule has 0 spiro atoms. The molecule has 2 aromatic carbocycles. The first-order valence-electron chi connectivity index (χ1n) is 6.96. The van der Waals surface area contributed by atoms with Gasteiger partial charge in [-0.2, -0.15) is 0 Å². The van der Waals surface area contributed by atoms with E-state index in [0.717, 1.165) is 16.5 Å². The fraction of sp³-hybridized carbons (Fsp3) is 0. The lowest BCUT2D eigenvalue weighted by atomic mass is 9.98. The number of aromatic amines is 1. The zero-order chi connectivity index (χ0) is 15.8. The molecule has 2 aromatic heterocycles. The fourth-order valence-corrected chi connectivity index (χ4v) is 2.71. The van der Waals surface area contributed by atoms with E-state index in [1.807, 2.05) is 42.5 Å². The smallest absolute Gasteiger partial charge is 0.284 e. The Morgan fingerprint density at radius 3 is 2.61 bits per heavy atom. The molecule has 0 saturated heterocycles. The number of hydrogen-bond donors (Lipinski definition) is 2. The van der Waals surface area contributed by atoms with Crippen molar-refractivity contribution in [3.8, 4) is 28.3 Å². The van der Waals surface area contributed by atoms with Crippen molar-refractivity contribution >= 4 is 23.1 Å². The molecule has 5 nitrogen and oxygen atoms in total. The minimum absolute atomic E-state index is 0.129. The SMILES string of the molecule is Oc1c(-c2ccccc2)cc(-c2n[nH]c(=S)o2)c2cccnc12. The summed E-state index contributed by atoms with van der Waals surface area (Å²) in [7, 11) is 0. The molecule has 0 amide bonds. The number of fused-ring (bicyclic) bond motifs is 1. The van der Waals surface area contributed by atoms with E-state index in [0.29, 0.717) is 17.0 Å². The van der Waals surface area contributed by atoms with Crippen molar-refractivity contribution < 1.29 is 9.52 Å². The summed E-state index contributed by atoms with van der Waals surface area (Å²) in [6.45, 7) is 0. The van der Waals surface area contributed by atoms with Crippen LogP contribution < -0.4 is 0 Å². The highest BCUT2D eigenvalue weighted by molar-refractivity contribution is 7.71. The second-order valence-corrected chi connectivity index (χ2v) is 5.37. The summed E-state index contributed by atoms with van der Waals surface area (Å²) in [4.78, 5) is 4.50. The third-order valence-electron chi connectivity index (χ3n) is 3.62. The van der Waals surface area contributed by atoms with Crippen molar-refractivity contribution in [3.05, 3.63) is 59.6 Å². The van der Waals surface area contributed by atoms with Gasteiger partial charge in [0.25, 0.3) is 4.84 Å². The molecular formula is C17H11N3O2S. The molecule has 2 heterocycles. The van der Waals surface area contributed by atoms with E-state index in [-0.39, 0.29) is 10.6 Å². The second kappa shape index (κ2) is 5.33. The van der Waals surface area contributed by atoms with Gasteiger partial charge in [0, 0.05) is 22.7 Å². The second-order valence-electron chi connectivity index (χ2n) is 5.00. The van der Waals surface area contributed by atoms with Crippen LogP contribution in [0.25, 0.3) is 33.5 Å². The highest BCUT2D eigenvalue weighted by Gasteiger charge is 2.17. The summed E-state index contributed by atoms with van der Waals surface area (Å²) in [6.07, 6.45) is 1.64. The van der Waals surface area contributed by atoms with E-state index in [1.54, 1.807) is 12.3 Å². The first kappa shape index (κ1) is 13.7. The summed E-state index contributed by atoms with van der Waals surface area (Å²) in [5.41, 5.74) is 2.76. The lowest BCUT2D eigenvalue weighted by Crippen LogP contribution is -1.89. The van der Waals surface area contributed by atoms with Gasteiger partial charge in [0.15, 0.2) is 0 Å². The Hall–Kier alpha value is -2.99. The fourth-order valence-electron chi connectivity index (χ4n) is 2.59. The summed E-state index contributed by atoms with van der Waals surface area (Å²) >= 11 is 4.96. The third kappa shape index (κ3) is 2.29. The maximum atomic E-state index is 10.6. The van der Waals surface area contributed by atoms with Crippen LogP contribution in [0.5, 0.6) is 5.75 Å². The third-order valence-corrected chi connectivity index (χ3v) is 3.79. The molecule has 4 rings (SSSR count). The van der Waals surface area contributed by atoms with Crippen LogP contribution in [-0.4, -0.2) is 20.3 Å². The molecule has 2 N–H and O–H groups in total. The van der Waals surface area contributed by atoms with E-state index in [1.165, 1.54) is 0 Å². The van der Waals surface area contributed by atoms with Crippen LogP contribution in [0.3, 0.4) is 0 Å². The molecule has 0 bridgehead atoms. The Morgan fingerprint density at radius 1 is 1.04 bits per heavy atom. The van der Waals surface area contributed by atoms with Crippen molar-refractivity contribution in [2.24, 2.45) is 0 Å². The normalized spacial score (nSPS) is 11.0. The van der Waals surface area contributed by atoms with E-state index >= 15 is 0 Å². The molecule has 0 radical (unpaired) electrons. The molecule has 0 atom stereocenters. The Balaban J connectivity index is 2.09. The number of nitrogens with one attached hydrogen (secondary N) is 1. The number of aromatic nitrogens is 3. The Morgan fingerprint density at radius 2 is 1.87 bits per heavy atom. The predicted molar refractivity (Wildman–Crippen MR) is 89.5 cm³/mol. The van der Waals surface area contributed by atoms with Crippen molar-refractivity contribution in [3.63, 3.8) is 0 Å². The molecular weight excluding hydrogens is 310 g/mol. The lowest BCUT2D eigenvalue weighted by molar-refractivity contribution is 0.482. The van der Waals surface area contributed by atoms with Crippen LogP contribution in [0, 0.1) is 4.84 Å². The van der Waals surface area contributed by atoms with Crippen LogP contribution in [-0.2, 0) is 0 Å². The number of phenols is 1. The molecule has 0 aliphatic rings. The largest absolute Gasteiger partial charge is 0.505 e. The van der Waals surface area contributed by atoms with E-state index in [9.17, 15) is 5.11 Å². The molecule has 23 heavy (non-hydrogen) atoms. The van der Waals surface area contributed by atoms with Crippen LogP contribution in [0.2, 0.25) is 0 Å². The van der Waals surface area contributed by atoms with Crippen molar-refractivity contribution in [1.82, 2.24) is 15.2 Å². The van der Waals surface area contributed by atoms with Gasteiger partial charge >= 0.3 is 0 Å².